The number of carbonyl (C=O) groups excluding carboxylic acids is 1. The van der Waals surface area contributed by atoms with Crippen LogP contribution >= 0.6 is 24.0 Å². The number of carbonyl (C=O) groups is 1. The maximum atomic E-state index is 11.5. The van der Waals surface area contributed by atoms with E-state index in [0.717, 1.165) is 32.1 Å². The van der Waals surface area contributed by atoms with E-state index in [4.69, 9.17) is 9.73 Å². The molecular weight excluding hydrogens is 419 g/mol. The summed E-state index contributed by atoms with van der Waals surface area (Å²) in [7, 11) is 1.76. The number of hydrogen-bond acceptors (Lipinski definition) is 3. The van der Waals surface area contributed by atoms with Gasteiger partial charge in [0.05, 0.1) is 0 Å². The van der Waals surface area contributed by atoms with Crippen molar-refractivity contribution in [2.45, 2.75) is 46.5 Å². The third-order valence-electron chi connectivity index (χ3n) is 4.41. The second kappa shape index (κ2) is 12.7. The number of hydrogen-bond donors (Lipinski definition) is 3. The van der Waals surface area contributed by atoms with Crippen molar-refractivity contribution in [1.29, 1.82) is 0 Å². The zero-order valence-corrected chi connectivity index (χ0v) is 17.9. The summed E-state index contributed by atoms with van der Waals surface area (Å²) in [5.41, 5.74) is 0.324. The predicted octanol–water partition coefficient (Wildman–Crippen LogP) is 2.14. The lowest BCUT2D eigenvalue weighted by molar-refractivity contribution is -0.123. The molecule has 142 valence electrons. The van der Waals surface area contributed by atoms with Crippen LogP contribution in [0.15, 0.2) is 4.99 Å². The maximum Gasteiger partial charge on any atom is 0.222 e. The Labute approximate surface area is 164 Å². The Balaban J connectivity index is 0.00000529. The maximum absolute atomic E-state index is 11.5. The molecule has 1 amide bonds. The van der Waals surface area contributed by atoms with Crippen molar-refractivity contribution in [3.8, 4) is 0 Å². The zero-order chi connectivity index (χ0) is 17.1. The van der Waals surface area contributed by atoms with E-state index >= 15 is 0 Å². The molecule has 24 heavy (non-hydrogen) atoms. The summed E-state index contributed by atoms with van der Waals surface area (Å²) >= 11 is 0. The van der Waals surface area contributed by atoms with Crippen molar-refractivity contribution in [3.05, 3.63) is 0 Å². The lowest BCUT2D eigenvalue weighted by atomic mass is 9.67. The normalized spacial score (nSPS) is 16.1. The van der Waals surface area contributed by atoms with Gasteiger partial charge in [0.15, 0.2) is 5.96 Å². The summed E-state index contributed by atoms with van der Waals surface area (Å²) in [6, 6.07) is 0. The van der Waals surface area contributed by atoms with Gasteiger partial charge in [-0.1, -0.05) is 20.3 Å². The predicted molar refractivity (Wildman–Crippen MR) is 110 cm³/mol. The number of halogens is 1. The summed E-state index contributed by atoms with van der Waals surface area (Å²) in [6.45, 7) is 9.60. The van der Waals surface area contributed by atoms with Crippen LogP contribution in [0.25, 0.3) is 0 Å². The number of methoxy groups -OCH3 is 1. The minimum absolute atomic E-state index is 0. The van der Waals surface area contributed by atoms with Gasteiger partial charge >= 0.3 is 0 Å². The minimum atomic E-state index is 0. The zero-order valence-electron chi connectivity index (χ0n) is 15.6. The quantitative estimate of drug-likeness (QED) is 0.205. The SMILES string of the molecule is CCNC(=NCC1(CCOC)CCC1)NCCNC(=O)C(C)C.I. The second-order valence-electron chi connectivity index (χ2n) is 6.66. The molecule has 1 fully saturated rings. The molecule has 0 aliphatic heterocycles. The molecule has 7 heteroatoms. The summed E-state index contributed by atoms with van der Waals surface area (Å²) in [4.78, 5) is 16.3. The first-order chi connectivity index (χ1) is 11.0. The van der Waals surface area contributed by atoms with E-state index < -0.39 is 0 Å². The van der Waals surface area contributed by atoms with Gasteiger partial charge in [-0.05, 0) is 31.6 Å². The number of amides is 1. The fraction of sp³-hybridized carbons (Fsp3) is 0.882. The van der Waals surface area contributed by atoms with Gasteiger partial charge in [-0.25, -0.2) is 0 Å². The summed E-state index contributed by atoms with van der Waals surface area (Å²) in [5.74, 6) is 0.938. The standard InChI is InChI=1S/C17H34N4O2.HI/c1-5-18-16(20-11-10-19-15(22)14(2)3)21-13-17(7-6-8-17)9-12-23-4;/h14H,5-13H2,1-4H3,(H,19,22)(H2,18,20,21);1H. The molecule has 0 heterocycles. The van der Waals surface area contributed by atoms with Crippen LogP contribution in [0.5, 0.6) is 0 Å². The number of nitrogens with zero attached hydrogens (tertiary/aromatic N) is 1. The third kappa shape index (κ3) is 8.50. The summed E-state index contributed by atoms with van der Waals surface area (Å²) in [5, 5.41) is 9.45. The average Bonchev–Trinajstić information content (AvgIpc) is 2.49. The van der Waals surface area contributed by atoms with E-state index in [-0.39, 0.29) is 35.8 Å². The van der Waals surface area contributed by atoms with Gasteiger partial charge in [0, 0.05) is 45.8 Å². The number of aliphatic imine (C=N–C) groups is 1. The van der Waals surface area contributed by atoms with Crippen LogP contribution in [-0.2, 0) is 9.53 Å². The van der Waals surface area contributed by atoms with Crippen molar-refractivity contribution in [2.24, 2.45) is 16.3 Å². The molecule has 0 radical (unpaired) electrons. The molecule has 0 aromatic rings. The Bertz CT molecular complexity index is 385. The van der Waals surface area contributed by atoms with Gasteiger partial charge in [-0.3, -0.25) is 9.79 Å². The lowest BCUT2D eigenvalue weighted by Gasteiger charge is -2.40. The highest BCUT2D eigenvalue weighted by atomic mass is 127. The van der Waals surface area contributed by atoms with Crippen LogP contribution < -0.4 is 16.0 Å². The molecule has 6 nitrogen and oxygen atoms in total. The Morgan fingerprint density at radius 3 is 2.38 bits per heavy atom. The van der Waals surface area contributed by atoms with Crippen LogP contribution in [0, 0.1) is 11.3 Å². The number of ether oxygens (including phenoxy) is 1. The molecule has 1 aliphatic rings. The first-order valence-corrected chi connectivity index (χ1v) is 8.82. The molecule has 0 aromatic heterocycles. The third-order valence-corrected chi connectivity index (χ3v) is 4.41. The smallest absolute Gasteiger partial charge is 0.222 e. The molecular formula is C17H35IN4O2. The van der Waals surface area contributed by atoms with Crippen LogP contribution in [0.1, 0.15) is 46.5 Å². The Kier molecular flexibility index (Phi) is 12.4. The van der Waals surface area contributed by atoms with E-state index in [1.54, 1.807) is 7.11 Å². The molecule has 1 saturated carbocycles. The van der Waals surface area contributed by atoms with Crippen molar-refractivity contribution in [3.63, 3.8) is 0 Å². The number of nitrogens with one attached hydrogen (secondary N) is 3. The second-order valence-corrected chi connectivity index (χ2v) is 6.66. The first kappa shape index (κ1) is 23.4. The van der Waals surface area contributed by atoms with Crippen molar-refractivity contribution in [2.75, 3.05) is 39.9 Å². The van der Waals surface area contributed by atoms with E-state index in [2.05, 4.69) is 22.9 Å². The topological polar surface area (TPSA) is 74.8 Å². The van der Waals surface area contributed by atoms with Crippen molar-refractivity contribution >= 4 is 35.8 Å². The lowest BCUT2D eigenvalue weighted by Crippen LogP contribution is -2.43. The number of rotatable bonds is 10. The molecule has 0 saturated heterocycles. The van der Waals surface area contributed by atoms with Gasteiger partial charge in [0.1, 0.15) is 0 Å². The first-order valence-electron chi connectivity index (χ1n) is 8.82. The molecule has 0 spiro atoms. The fourth-order valence-corrected chi connectivity index (χ4v) is 2.64. The molecule has 1 rings (SSSR count). The summed E-state index contributed by atoms with van der Waals surface area (Å²) < 4.78 is 5.23. The van der Waals surface area contributed by atoms with E-state index in [1.165, 1.54) is 19.3 Å². The van der Waals surface area contributed by atoms with Gasteiger partial charge in [0.25, 0.3) is 0 Å². The van der Waals surface area contributed by atoms with Gasteiger partial charge in [0.2, 0.25) is 5.91 Å². The Morgan fingerprint density at radius 1 is 1.21 bits per heavy atom. The van der Waals surface area contributed by atoms with Crippen LogP contribution in [0.2, 0.25) is 0 Å². The van der Waals surface area contributed by atoms with E-state index in [1.807, 2.05) is 13.8 Å². The van der Waals surface area contributed by atoms with Gasteiger partial charge in [-0.15, -0.1) is 24.0 Å². The van der Waals surface area contributed by atoms with Crippen LogP contribution in [-0.4, -0.2) is 51.8 Å². The number of guanidine groups is 1. The molecule has 0 unspecified atom stereocenters. The summed E-state index contributed by atoms with van der Waals surface area (Å²) in [6.07, 6.45) is 4.86. The molecule has 1 aliphatic carbocycles. The van der Waals surface area contributed by atoms with Crippen molar-refractivity contribution < 1.29 is 9.53 Å². The fourth-order valence-electron chi connectivity index (χ4n) is 2.64. The minimum Gasteiger partial charge on any atom is -0.385 e. The van der Waals surface area contributed by atoms with Gasteiger partial charge < -0.3 is 20.7 Å². The van der Waals surface area contributed by atoms with E-state index in [0.29, 0.717) is 18.5 Å². The molecule has 0 aromatic carbocycles. The van der Waals surface area contributed by atoms with Crippen LogP contribution in [0.4, 0.5) is 0 Å². The Morgan fingerprint density at radius 2 is 1.88 bits per heavy atom. The largest absolute Gasteiger partial charge is 0.385 e. The monoisotopic (exact) mass is 454 g/mol. The molecule has 3 N–H and O–H groups in total. The van der Waals surface area contributed by atoms with E-state index in [9.17, 15) is 4.79 Å². The van der Waals surface area contributed by atoms with Crippen LogP contribution in [0.3, 0.4) is 0 Å². The average molecular weight is 454 g/mol. The molecule has 0 bridgehead atoms. The van der Waals surface area contributed by atoms with Crippen molar-refractivity contribution in [1.82, 2.24) is 16.0 Å². The molecule has 0 atom stereocenters. The highest BCUT2D eigenvalue weighted by molar-refractivity contribution is 14.0. The highest BCUT2D eigenvalue weighted by Gasteiger charge is 2.36. The Hall–Kier alpha value is -0.570. The van der Waals surface area contributed by atoms with Gasteiger partial charge in [-0.2, -0.15) is 0 Å². The highest BCUT2D eigenvalue weighted by Crippen LogP contribution is 2.44.